The van der Waals surface area contributed by atoms with E-state index >= 15 is 0 Å². The molecule has 20 heavy (non-hydrogen) atoms. The topological polar surface area (TPSA) is 107 Å². The summed E-state index contributed by atoms with van der Waals surface area (Å²) in [4.78, 5) is 48.0. The summed E-state index contributed by atoms with van der Waals surface area (Å²) in [5.41, 5.74) is 0. The van der Waals surface area contributed by atoms with Crippen molar-refractivity contribution in [3.05, 3.63) is 0 Å². The van der Waals surface area contributed by atoms with E-state index in [0.29, 0.717) is 0 Å². The maximum absolute atomic E-state index is 12.1. The molecule has 8 heteroatoms. The van der Waals surface area contributed by atoms with Gasteiger partial charge in [-0.25, -0.2) is 4.79 Å². The number of carboxylic acid groups (broad SMARTS) is 1. The minimum Gasteiger partial charge on any atom is -0.481 e. The number of rotatable bonds is 5. The molecule has 0 spiro atoms. The van der Waals surface area contributed by atoms with Crippen molar-refractivity contribution in [1.82, 2.24) is 15.1 Å². The first-order valence-corrected chi connectivity index (χ1v) is 6.33. The van der Waals surface area contributed by atoms with Crippen LogP contribution in [0.1, 0.15) is 26.7 Å². The van der Waals surface area contributed by atoms with Gasteiger partial charge in [-0.05, 0) is 13.8 Å². The first-order valence-electron chi connectivity index (χ1n) is 6.33. The molecule has 0 radical (unpaired) electrons. The molecule has 1 aliphatic heterocycles. The molecular weight excluding hydrogens is 266 g/mol. The van der Waals surface area contributed by atoms with Gasteiger partial charge >= 0.3 is 12.0 Å². The highest BCUT2D eigenvalue weighted by molar-refractivity contribution is 6.06. The van der Waals surface area contributed by atoms with Crippen LogP contribution in [-0.4, -0.2) is 64.4 Å². The smallest absolute Gasteiger partial charge is 0.318 e. The van der Waals surface area contributed by atoms with E-state index in [4.69, 9.17) is 5.11 Å². The van der Waals surface area contributed by atoms with Crippen LogP contribution in [0, 0.1) is 0 Å². The van der Waals surface area contributed by atoms with Crippen molar-refractivity contribution in [2.45, 2.75) is 38.8 Å². The lowest BCUT2D eigenvalue weighted by atomic mass is 10.2. The van der Waals surface area contributed by atoms with Crippen LogP contribution in [0.25, 0.3) is 0 Å². The van der Waals surface area contributed by atoms with E-state index in [0.717, 1.165) is 4.90 Å². The van der Waals surface area contributed by atoms with E-state index in [1.165, 1.54) is 11.9 Å². The van der Waals surface area contributed by atoms with Crippen LogP contribution in [0.4, 0.5) is 4.79 Å². The molecular formula is C12H19N3O5. The van der Waals surface area contributed by atoms with Gasteiger partial charge in [0.05, 0.1) is 12.8 Å². The fourth-order valence-corrected chi connectivity index (χ4v) is 1.91. The number of hydrogen-bond acceptors (Lipinski definition) is 4. The third-order valence-electron chi connectivity index (χ3n) is 3.13. The average molecular weight is 285 g/mol. The maximum atomic E-state index is 12.1. The molecule has 0 aromatic heterocycles. The molecule has 0 aromatic carbocycles. The second kappa shape index (κ2) is 6.36. The van der Waals surface area contributed by atoms with E-state index in [1.54, 1.807) is 13.8 Å². The van der Waals surface area contributed by atoms with Gasteiger partial charge in [-0.3, -0.25) is 19.3 Å². The Labute approximate surface area is 116 Å². The summed E-state index contributed by atoms with van der Waals surface area (Å²) >= 11 is 0. The largest absolute Gasteiger partial charge is 0.481 e. The molecule has 8 nitrogen and oxygen atoms in total. The summed E-state index contributed by atoms with van der Waals surface area (Å²) in [6.45, 7) is 3.54. The lowest BCUT2D eigenvalue weighted by molar-refractivity contribution is -0.138. The van der Waals surface area contributed by atoms with Gasteiger partial charge in [0.15, 0.2) is 0 Å². The van der Waals surface area contributed by atoms with E-state index in [-0.39, 0.29) is 31.3 Å². The van der Waals surface area contributed by atoms with Gasteiger partial charge in [0.1, 0.15) is 6.04 Å². The molecule has 0 saturated carbocycles. The van der Waals surface area contributed by atoms with E-state index in [9.17, 15) is 19.2 Å². The highest BCUT2D eigenvalue weighted by atomic mass is 16.4. The lowest BCUT2D eigenvalue weighted by Gasteiger charge is -2.27. The summed E-state index contributed by atoms with van der Waals surface area (Å²) in [6.07, 6.45) is -0.241. The van der Waals surface area contributed by atoms with Crippen molar-refractivity contribution in [3.63, 3.8) is 0 Å². The summed E-state index contributed by atoms with van der Waals surface area (Å²) in [5.74, 6) is -1.80. The molecule has 0 aliphatic carbocycles. The number of likely N-dealkylation sites (N-methyl/N-ethyl adjacent to an activating group) is 1. The highest BCUT2D eigenvalue weighted by Crippen LogP contribution is 2.11. The Morgan fingerprint density at radius 1 is 1.45 bits per heavy atom. The number of carbonyl (C=O) groups is 4. The Bertz CT molecular complexity index is 435. The van der Waals surface area contributed by atoms with Crippen molar-refractivity contribution in [2.24, 2.45) is 0 Å². The Morgan fingerprint density at radius 2 is 2.05 bits per heavy atom. The summed E-state index contributed by atoms with van der Waals surface area (Å²) in [7, 11) is 1.36. The number of nitrogens with zero attached hydrogens (tertiary/aromatic N) is 2. The number of aliphatic carboxylic acids is 1. The number of carboxylic acids is 1. The van der Waals surface area contributed by atoms with Crippen LogP contribution in [0.15, 0.2) is 0 Å². The predicted molar refractivity (Wildman–Crippen MR) is 68.8 cm³/mol. The fraction of sp³-hybridized carbons (Fsp3) is 0.667. The van der Waals surface area contributed by atoms with Gasteiger partial charge in [-0.15, -0.1) is 0 Å². The quantitative estimate of drug-likeness (QED) is 0.671. The molecule has 112 valence electrons. The Kier molecular flexibility index (Phi) is 5.06. The first kappa shape index (κ1) is 15.9. The SMILES string of the molecule is CC(C)N(CCC(=O)O)C(=O)NC1CC(=O)N(C)C1=O. The van der Waals surface area contributed by atoms with Crippen molar-refractivity contribution < 1.29 is 24.3 Å². The Hall–Kier alpha value is -2.12. The maximum Gasteiger partial charge on any atom is 0.318 e. The molecule has 1 unspecified atom stereocenters. The van der Waals surface area contributed by atoms with Gasteiger partial charge < -0.3 is 15.3 Å². The molecule has 1 fully saturated rings. The number of amides is 4. The second-order valence-electron chi connectivity index (χ2n) is 4.93. The van der Waals surface area contributed by atoms with Crippen molar-refractivity contribution in [3.8, 4) is 0 Å². The molecule has 1 atom stereocenters. The zero-order chi connectivity index (χ0) is 15.4. The first-order chi connectivity index (χ1) is 9.23. The number of imide groups is 1. The van der Waals surface area contributed by atoms with Gasteiger partial charge in [-0.2, -0.15) is 0 Å². The van der Waals surface area contributed by atoms with E-state index in [1.807, 2.05) is 0 Å². The van der Waals surface area contributed by atoms with E-state index in [2.05, 4.69) is 5.32 Å². The van der Waals surface area contributed by atoms with E-state index < -0.39 is 23.9 Å². The molecule has 1 heterocycles. The minimum atomic E-state index is -1.00. The molecule has 1 aliphatic rings. The normalized spacial score (nSPS) is 18.6. The molecule has 2 N–H and O–H groups in total. The number of nitrogens with one attached hydrogen (secondary N) is 1. The highest BCUT2D eigenvalue weighted by Gasteiger charge is 2.37. The summed E-state index contributed by atoms with van der Waals surface area (Å²) in [5, 5.41) is 11.1. The van der Waals surface area contributed by atoms with Gasteiger partial charge in [0.25, 0.3) is 5.91 Å². The predicted octanol–water partition coefficient (Wildman–Crippen LogP) is -0.362. The molecule has 1 saturated heterocycles. The summed E-state index contributed by atoms with van der Waals surface area (Å²) in [6, 6.07) is -1.62. The molecule has 1 rings (SSSR count). The zero-order valence-corrected chi connectivity index (χ0v) is 11.8. The fourth-order valence-electron chi connectivity index (χ4n) is 1.91. The van der Waals surface area contributed by atoms with Gasteiger partial charge in [0, 0.05) is 19.6 Å². The van der Waals surface area contributed by atoms with Crippen molar-refractivity contribution in [2.75, 3.05) is 13.6 Å². The van der Waals surface area contributed by atoms with Crippen LogP contribution < -0.4 is 5.32 Å². The van der Waals surface area contributed by atoms with Crippen LogP contribution >= 0.6 is 0 Å². The van der Waals surface area contributed by atoms with Crippen LogP contribution in [0.3, 0.4) is 0 Å². The van der Waals surface area contributed by atoms with Crippen molar-refractivity contribution in [1.29, 1.82) is 0 Å². The summed E-state index contributed by atoms with van der Waals surface area (Å²) < 4.78 is 0. The molecule has 4 amide bonds. The lowest BCUT2D eigenvalue weighted by Crippen LogP contribution is -2.50. The zero-order valence-electron chi connectivity index (χ0n) is 11.8. The Balaban J connectivity index is 2.65. The number of likely N-dealkylation sites (tertiary alicyclic amines) is 1. The van der Waals surface area contributed by atoms with Gasteiger partial charge in [-0.1, -0.05) is 0 Å². The molecule has 0 bridgehead atoms. The third-order valence-corrected chi connectivity index (χ3v) is 3.13. The second-order valence-corrected chi connectivity index (χ2v) is 4.93. The standard InChI is InChI=1S/C12H19N3O5/c1-7(2)15(5-4-10(17)18)12(20)13-8-6-9(16)14(3)11(8)19/h7-8H,4-6H2,1-3H3,(H,13,20)(H,17,18). The molecule has 0 aromatic rings. The van der Waals surface area contributed by atoms with Crippen molar-refractivity contribution >= 4 is 23.8 Å². The minimum absolute atomic E-state index is 0.0452. The van der Waals surface area contributed by atoms with Crippen LogP contribution in [0.5, 0.6) is 0 Å². The third kappa shape index (κ3) is 3.69. The number of urea groups is 1. The number of carbonyl (C=O) groups excluding carboxylic acids is 3. The average Bonchev–Trinajstić information content (AvgIpc) is 2.56. The van der Waals surface area contributed by atoms with Gasteiger partial charge in [0.2, 0.25) is 5.91 Å². The monoisotopic (exact) mass is 285 g/mol. The Morgan fingerprint density at radius 3 is 2.45 bits per heavy atom. The number of hydrogen-bond donors (Lipinski definition) is 2. The van der Waals surface area contributed by atoms with Crippen LogP contribution in [-0.2, 0) is 14.4 Å². The van der Waals surface area contributed by atoms with Crippen LogP contribution in [0.2, 0.25) is 0 Å².